The highest BCUT2D eigenvalue weighted by Gasteiger charge is 2.21. The smallest absolute Gasteiger partial charge is 0.234 e. The molecule has 188 valence electrons. The Kier molecular flexibility index (Phi) is 5.03. The molecule has 0 saturated heterocycles. The monoisotopic (exact) mass is 514 g/mol. The van der Waals surface area contributed by atoms with Crippen molar-refractivity contribution >= 4 is 32.8 Å². The van der Waals surface area contributed by atoms with Crippen LogP contribution in [0.1, 0.15) is 0 Å². The molecule has 0 radical (unpaired) electrons. The van der Waals surface area contributed by atoms with Crippen LogP contribution in [0.15, 0.2) is 134 Å². The molecule has 6 nitrogen and oxygen atoms in total. The van der Waals surface area contributed by atoms with Crippen LogP contribution in [0.25, 0.3) is 67.0 Å². The molecule has 4 aromatic carbocycles. The zero-order valence-electron chi connectivity index (χ0n) is 21.4. The zero-order chi connectivity index (χ0) is 26.5. The lowest BCUT2D eigenvalue weighted by molar-refractivity contribution is 0.990. The average Bonchev–Trinajstić information content (AvgIpc) is 3.59. The van der Waals surface area contributed by atoms with Gasteiger partial charge in [0.2, 0.25) is 5.95 Å². The Morgan fingerprint density at radius 2 is 1.18 bits per heavy atom. The van der Waals surface area contributed by atoms with Crippen LogP contribution in [0.2, 0.25) is 0 Å². The van der Waals surface area contributed by atoms with Crippen LogP contribution in [-0.2, 0) is 0 Å². The van der Waals surface area contributed by atoms with Crippen molar-refractivity contribution in [3.05, 3.63) is 134 Å². The van der Waals surface area contributed by atoms with Crippen LogP contribution in [-0.4, -0.2) is 29.1 Å². The van der Waals surface area contributed by atoms with Crippen molar-refractivity contribution in [1.82, 2.24) is 29.1 Å². The number of pyridine rings is 1. The first-order valence-electron chi connectivity index (χ1n) is 13.1. The highest BCUT2D eigenvalue weighted by Crippen LogP contribution is 2.38. The van der Waals surface area contributed by atoms with Gasteiger partial charge in [-0.1, -0.05) is 66.7 Å². The van der Waals surface area contributed by atoms with Crippen molar-refractivity contribution in [3.8, 4) is 34.2 Å². The van der Waals surface area contributed by atoms with Gasteiger partial charge in [-0.25, -0.2) is 15.0 Å². The first kappa shape index (κ1) is 22.4. The van der Waals surface area contributed by atoms with E-state index in [9.17, 15) is 0 Å². The Balaban J connectivity index is 1.42. The largest absolute Gasteiger partial charge is 0.292 e. The van der Waals surface area contributed by atoms with E-state index < -0.39 is 0 Å². The van der Waals surface area contributed by atoms with E-state index in [0.717, 1.165) is 61.0 Å². The van der Waals surface area contributed by atoms with Gasteiger partial charge in [-0.2, -0.15) is 0 Å². The van der Waals surface area contributed by atoms with Gasteiger partial charge in [0.1, 0.15) is 5.82 Å². The van der Waals surface area contributed by atoms with Gasteiger partial charge in [0.05, 0.1) is 22.1 Å². The molecule has 6 heteroatoms. The zero-order valence-corrected chi connectivity index (χ0v) is 21.4. The van der Waals surface area contributed by atoms with Gasteiger partial charge in [0.25, 0.3) is 0 Å². The van der Waals surface area contributed by atoms with Crippen LogP contribution in [0, 0.1) is 0 Å². The fourth-order valence-electron chi connectivity index (χ4n) is 5.56. The summed E-state index contributed by atoms with van der Waals surface area (Å²) in [5, 5.41) is 2.20. The van der Waals surface area contributed by atoms with Gasteiger partial charge in [0.15, 0.2) is 0 Å². The van der Waals surface area contributed by atoms with Crippen molar-refractivity contribution in [2.45, 2.75) is 0 Å². The Morgan fingerprint density at radius 1 is 0.500 bits per heavy atom. The van der Waals surface area contributed by atoms with E-state index in [1.807, 2.05) is 36.7 Å². The predicted molar refractivity (Wildman–Crippen MR) is 160 cm³/mol. The Labute approximate surface area is 229 Å². The minimum Gasteiger partial charge on any atom is -0.292 e. The summed E-state index contributed by atoms with van der Waals surface area (Å²) in [6, 6.07) is 37.4. The van der Waals surface area contributed by atoms with E-state index in [4.69, 9.17) is 15.0 Å². The molecule has 0 aliphatic rings. The molecule has 0 saturated carbocycles. The average molecular weight is 515 g/mol. The number of fused-ring (bicyclic) bond motifs is 5. The second-order valence-electron chi connectivity index (χ2n) is 9.66. The quantitative estimate of drug-likeness (QED) is 0.242. The third-order valence-corrected chi connectivity index (χ3v) is 7.36. The molecule has 0 unspecified atom stereocenters. The highest BCUT2D eigenvalue weighted by atomic mass is 15.2. The van der Waals surface area contributed by atoms with E-state index >= 15 is 0 Å². The number of para-hydroxylation sites is 2. The molecule has 4 heterocycles. The highest BCUT2D eigenvalue weighted by molar-refractivity contribution is 6.20. The van der Waals surface area contributed by atoms with Crippen molar-refractivity contribution < 1.29 is 0 Å². The molecule has 0 aliphatic heterocycles. The molecule has 0 bridgehead atoms. The molecule has 0 aliphatic carbocycles. The van der Waals surface area contributed by atoms with Crippen molar-refractivity contribution in [2.75, 3.05) is 0 Å². The van der Waals surface area contributed by atoms with Crippen LogP contribution in [0.5, 0.6) is 0 Å². The molecule has 0 amide bonds. The Hall–Kier alpha value is -5.62. The standard InChI is InChI=1S/C34H22N6/c1-3-9-24(10-4-1)33-38-32-30(39(33)26-11-5-2-6-12-26)16-15-29-31(32)27-13-7-8-14-28(27)40(29)34-36-21-25(22-37-34)23-17-19-35-20-18-23/h1-22H. The maximum Gasteiger partial charge on any atom is 0.234 e. The third kappa shape index (κ3) is 3.43. The first-order chi connectivity index (χ1) is 19.9. The second kappa shape index (κ2) is 8.99. The van der Waals surface area contributed by atoms with Gasteiger partial charge >= 0.3 is 0 Å². The van der Waals surface area contributed by atoms with Gasteiger partial charge in [0, 0.05) is 52.4 Å². The van der Waals surface area contributed by atoms with Crippen molar-refractivity contribution in [3.63, 3.8) is 0 Å². The van der Waals surface area contributed by atoms with Crippen LogP contribution in [0.4, 0.5) is 0 Å². The lowest BCUT2D eigenvalue weighted by Crippen LogP contribution is -2.00. The molecule has 0 spiro atoms. The molecular formula is C34H22N6. The summed E-state index contributed by atoms with van der Waals surface area (Å²) in [5.41, 5.74) is 8.17. The Bertz CT molecular complexity index is 2130. The summed E-state index contributed by atoms with van der Waals surface area (Å²) in [5.74, 6) is 1.53. The Morgan fingerprint density at radius 3 is 1.95 bits per heavy atom. The number of hydrogen-bond acceptors (Lipinski definition) is 4. The van der Waals surface area contributed by atoms with Crippen LogP contribution in [0.3, 0.4) is 0 Å². The molecule has 4 aromatic heterocycles. The number of benzene rings is 4. The number of aromatic nitrogens is 6. The van der Waals surface area contributed by atoms with Crippen LogP contribution >= 0.6 is 0 Å². The third-order valence-electron chi connectivity index (χ3n) is 7.36. The first-order valence-corrected chi connectivity index (χ1v) is 13.1. The summed E-state index contributed by atoms with van der Waals surface area (Å²) in [7, 11) is 0. The maximum absolute atomic E-state index is 5.30. The van der Waals surface area contributed by atoms with Gasteiger partial charge in [-0.3, -0.25) is 14.1 Å². The molecule has 40 heavy (non-hydrogen) atoms. The fourth-order valence-corrected chi connectivity index (χ4v) is 5.56. The number of imidazole rings is 1. The maximum atomic E-state index is 5.30. The number of nitrogens with zero attached hydrogens (tertiary/aromatic N) is 6. The summed E-state index contributed by atoms with van der Waals surface area (Å²) in [6.45, 7) is 0. The molecule has 0 atom stereocenters. The summed E-state index contributed by atoms with van der Waals surface area (Å²) >= 11 is 0. The van der Waals surface area contributed by atoms with E-state index in [-0.39, 0.29) is 0 Å². The minimum atomic E-state index is 0.620. The van der Waals surface area contributed by atoms with Crippen LogP contribution < -0.4 is 0 Å². The molecule has 8 aromatic rings. The predicted octanol–water partition coefficient (Wildman–Crippen LogP) is 7.64. The van der Waals surface area contributed by atoms with E-state index in [2.05, 4.69) is 99.0 Å². The molecular weight excluding hydrogens is 492 g/mol. The lowest BCUT2D eigenvalue weighted by Gasteiger charge is -2.10. The SMILES string of the molecule is c1ccc(-c2nc3c4c5ccccc5n(-c5ncc(-c6ccncc6)cn5)c4ccc3n2-c2ccccc2)cc1. The number of hydrogen-bond donors (Lipinski definition) is 0. The fraction of sp³-hybridized carbons (Fsp3) is 0. The number of rotatable bonds is 4. The summed E-state index contributed by atoms with van der Waals surface area (Å²) < 4.78 is 4.38. The van der Waals surface area contributed by atoms with Crippen molar-refractivity contribution in [1.29, 1.82) is 0 Å². The lowest BCUT2D eigenvalue weighted by atomic mass is 10.1. The molecule has 8 rings (SSSR count). The normalized spacial score (nSPS) is 11.5. The van der Waals surface area contributed by atoms with Gasteiger partial charge in [-0.15, -0.1) is 0 Å². The summed E-state index contributed by atoms with van der Waals surface area (Å²) in [4.78, 5) is 19.0. The van der Waals surface area contributed by atoms with E-state index in [1.165, 1.54) is 0 Å². The van der Waals surface area contributed by atoms with E-state index in [0.29, 0.717) is 5.95 Å². The van der Waals surface area contributed by atoms with E-state index in [1.54, 1.807) is 12.4 Å². The molecule has 0 fully saturated rings. The topological polar surface area (TPSA) is 61.4 Å². The van der Waals surface area contributed by atoms with Gasteiger partial charge < -0.3 is 0 Å². The minimum absolute atomic E-state index is 0.620. The summed E-state index contributed by atoms with van der Waals surface area (Å²) in [6.07, 6.45) is 7.29. The molecule has 0 N–H and O–H groups in total. The second-order valence-corrected chi connectivity index (χ2v) is 9.66. The van der Waals surface area contributed by atoms with Crippen molar-refractivity contribution in [2.24, 2.45) is 0 Å². The van der Waals surface area contributed by atoms with Gasteiger partial charge in [-0.05, 0) is 48.0 Å².